The van der Waals surface area contributed by atoms with Gasteiger partial charge in [0.25, 0.3) is 5.69 Å². The largest absolute Gasteiger partial charge is 0.494 e. The first kappa shape index (κ1) is 15.6. The highest BCUT2D eigenvalue weighted by atomic mass is 32.2. The van der Waals surface area contributed by atoms with E-state index in [-0.39, 0.29) is 11.7 Å². The zero-order valence-corrected chi connectivity index (χ0v) is 12.3. The van der Waals surface area contributed by atoms with Gasteiger partial charge in [0.2, 0.25) is 0 Å². The molecule has 1 aromatic carbocycles. The van der Waals surface area contributed by atoms with Crippen molar-refractivity contribution in [1.29, 1.82) is 0 Å². The number of anilines is 1. The highest BCUT2D eigenvalue weighted by Crippen LogP contribution is 2.26. The van der Waals surface area contributed by atoms with Gasteiger partial charge in [0.05, 0.1) is 17.6 Å². The second kappa shape index (κ2) is 7.89. The number of non-ortho nitro benzene ring substituents is 1. The maximum absolute atomic E-state index is 10.9. The van der Waals surface area contributed by atoms with E-state index in [0.717, 1.165) is 17.9 Å². The van der Waals surface area contributed by atoms with Crippen LogP contribution in [0, 0.1) is 10.1 Å². The average molecular weight is 284 g/mol. The van der Waals surface area contributed by atoms with Crippen LogP contribution in [0.15, 0.2) is 18.2 Å². The monoisotopic (exact) mass is 284 g/mol. The summed E-state index contributed by atoms with van der Waals surface area (Å²) in [6.07, 6.45) is 3.07. The molecule has 106 valence electrons. The maximum atomic E-state index is 10.9. The lowest BCUT2D eigenvalue weighted by Gasteiger charge is -2.15. The molecule has 0 bridgehead atoms. The van der Waals surface area contributed by atoms with Crippen molar-refractivity contribution in [3.05, 3.63) is 28.3 Å². The van der Waals surface area contributed by atoms with E-state index in [1.807, 2.05) is 6.92 Å². The van der Waals surface area contributed by atoms with Crippen molar-refractivity contribution in [3.63, 3.8) is 0 Å². The van der Waals surface area contributed by atoms with Crippen LogP contribution in [0.1, 0.15) is 20.3 Å². The summed E-state index contributed by atoms with van der Waals surface area (Å²) >= 11 is 1.79. The summed E-state index contributed by atoms with van der Waals surface area (Å²) in [7, 11) is 0. The molecule has 0 saturated heterocycles. The molecule has 0 aliphatic heterocycles. The Balaban J connectivity index is 2.83. The fraction of sp³-hybridized carbons (Fsp3) is 0.538. The molecule has 6 heteroatoms. The van der Waals surface area contributed by atoms with Gasteiger partial charge in [0, 0.05) is 23.9 Å². The van der Waals surface area contributed by atoms with Crippen LogP contribution in [0.3, 0.4) is 0 Å². The van der Waals surface area contributed by atoms with E-state index in [9.17, 15) is 10.1 Å². The molecule has 0 amide bonds. The molecule has 1 unspecified atom stereocenters. The van der Waals surface area contributed by atoms with Crippen LogP contribution in [0.4, 0.5) is 11.4 Å². The third kappa shape index (κ3) is 5.38. The fourth-order valence-corrected chi connectivity index (χ4v) is 2.26. The van der Waals surface area contributed by atoms with E-state index in [1.54, 1.807) is 17.8 Å². The van der Waals surface area contributed by atoms with Gasteiger partial charge in [-0.1, -0.05) is 0 Å². The number of nitrogens with one attached hydrogen (secondary N) is 1. The van der Waals surface area contributed by atoms with Gasteiger partial charge in [-0.2, -0.15) is 11.8 Å². The normalized spacial score (nSPS) is 11.9. The molecule has 5 nitrogen and oxygen atoms in total. The summed E-state index contributed by atoms with van der Waals surface area (Å²) < 4.78 is 5.35. The minimum atomic E-state index is -0.403. The Labute approximate surface area is 117 Å². The molecule has 19 heavy (non-hydrogen) atoms. The quantitative estimate of drug-likeness (QED) is 0.584. The molecule has 0 heterocycles. The molecule has 0 aromatic heterocycles. The summed E-state index contributed by atoms with van der Waals surface area (Å²) in [6, 6.07) is 5.05. The van der Waals surface area contributed by atoms with E-state index < -0.39 is 4.92 Å². The van der Waals surface area contributed by atoms with Crippen molar-refractivity contribution in [1.82, 2.24) is 0 Å². The summed E-state index contributed by atoms with van der Waals surface area (Å²) in [5, 5.41) is 14.2. The zero-order chi connectivity index (χ0) is 14.3. The van der Waals surface area contributed by atoms with Gasteiger partial charge in [0.1, 0.15) is 5.75 Å². The molecule has 0 fully saturated rings. The first-order valence-corrected chi connectivity index (χ1v) is 7.64. The number of nitro groups is 1. The van der Waals surface area contributed by atoms with Crippen LogP contribution in [-0.2, 0) is 0 Å². The average Bonchev–Trinajstić information content (AvgIpc) is 2.36. The van der Waals surface area contributed by atoms with Gasteiger partial charge >= 0.3 is 0 Å². The summed E-state index contributed by atoms with van der Waals surface area (Å²) in [6.45, 7) is 4.41. The number of ether oxygens (including phenoxy) is 1. The van der Waals surface area contributed by atoms with Crippen LogP contribution in [0.25, 0.3) is 0 Å². The minimum Gasteiger partial charge on any atom is -0.494 e. The number of hydrogen-bond acceptors (Lipinski definition) is 5. The number of nitrogens with zero attached hydrogens (tertiary/aromatic N) is 1. The van der Waals surface area contributed by atoms with Crippen molar-refractivity contribution >= 4 is 23.1 Å². The number of benzene rings is 1. The molecule has 1 atom stereocenters. The highest BCUT2D eigenvalue weighted by Gasteiger charge is 2.11. The topological polar surface area (TPSA) is 64.4 Å². The first-order valence-electron chi connectivity index (χ1n) is 6.24. The Morgan fingerprint density at radius 2 is 2.21 bits per heavy atom. The first-order chi connectivity index (χ1) is 9.06. The molecule has 0 radical (unpaired) electrons. The molecule has 0 spiro atoms. The summed E-state index contributed by atoms with van der Waals surface area (Å²) in [5.74, 6) is 1.58. The molecule has 0 saturated carbocycles. The lowest BCUT2D eigenvalue weighted by atomic mass is 10.2. The Morgan fingerprint density at radius 1 is 1.47 bits per heavy atom. The number of hydrogen-bond donors (Lipinski definition) is 1. The fourth-order valence-electron chi connectivity index (χ4n) is 1.67. The number of rotatable bonds is 8. The van der Waals surface area contributed by atoms with Crippen molar-refractivity contribution in [2.24, 2.45) is 0 Å². The third-order valence-electron chi connectivity index (χ3n) is 2.58. The van der Waals surface area contributed by atoms with Gasteiger partial charge in [0.15, 0.2) is 0 Å². The lowest BCUT2D eigenvalue weighted by Crippen LogP contribution is -2.16. The van der Waals surface area contributed by atoms with Gasteiger partial charge < -0.3 is 10.1 Å². The van der Waals surface area contributed by atoms with E-state index in [2.05, 4.69) is 18.5 Å². The van der Waals surface area contributed by atoms with Crippen LogP contribution >= 0.6 is 11.8 Å². The number of nitro benzene ring substituents is 1. The van der Waals surface area contributed by atoms with E-state index >= 15 is 0 Å². The van der Waals surface area contributed by atoms with E-state index in [1.165, 1.54) is 12.1 Å². The van der Waals surface area contributed by atoms with Crippen LogP contribution < -0.4 is 10.1 Å². The molecule has 1 N–H and O–H groups in total. The Hall–Kier alpha value is -1.43. The van der Waals surface area contributed by atoms with E-state index in [4.69, 9.17) is 4.74 Å². The molecule has 0 aliphatic carbocycles. The third-order valence-corrected chi connectivity index (χ3v) is 3.23. The van der Waals surface area contributed by atoms with Crippen molar-refractivity contribution < 1.29 is 9.66 Å². The Morgan fingerprint density at radius 3 is 2.79 bits per heavy atom. The molecule has 0 aliphatic rings. The second-order valence-electron chi connectivity index (χ2n) is 4.23. The van der Waals surface area contributed by atoms with Crippen LogP contribution in [0.2, 0.25) is 0 Å². The molecular weight excluding hydrogens is 264 g/mol. The van der Waals surface area contributed by atoms with Crippen LogP contribution in [-0.4, -0.2) is 29.6 Å². The standard InChI is InChI=1S/C13H20N2O3S/c1-4-18-13-8-11(7-12(9-13)15(16)17)14-10(2)5-6-19-3/h7-10,14H,4-6H2,1-3H3. The summed E-state index contributed by atoms with van der Waals surface area (Å²) in [4.78, 5) is 10.5. The minimum absolute atomic E-state index is 0.0468. The van der Waals surface area contributed by atoms with Gasteiger partial charge in [-0.15, -0.1) is 0 Å². The molecular formula is C13H20N2O3S. The predicted octanol–water partition coefficient (Wildman–Crippen LogP) is 3.55. The molecule has 1 aromatic rings. The zero-order valence-electron chi connectivity index (χ0n) is 11.5. The lowest BCUT2D eigenvalue weighted by molar-refractivity contribution is -0.384. The van der Waals surface area contributed by atoms with Crippen LogP contribution in [0.5, 0.6) is 5.75 Å². The van der Waals surface area contributed by atoms with Gasteiger partial charge in [-0.3, -0.25) is 10.1 Å². The maximum Gasteiger partial charge on any atom is 0.275 e. The van der Waals surface area contributed by atoms with Gasteiger partial charge in [-0.05, 0) is 32.3 Å². The smallest absolute Gasteiger partial charge is 0.275 e. The Bertz CT molecular complexity index is 426. The second-order valence-corrected chi connectivity index (χ2v) is 5.22. The van der Waals surface area contributed by atoms with Crippen molar-refractivity contribution in [2.45, 2.75) is 26.3 Å². The van der Waals surface area contributed by atoms with E-state index in [0.29, 0.717) is 12.4 Å². The van der Waals surface area contributed by atoms with Crippen molar-refractivity contribution in [2.75, 3.05) is 23.9 Å². The Kier molecular flexibility index (Phi) is 6.49. The highest BCUT2D eigenvalue weighted by molar-refractivity contribution is 7.98. The van der Waals surface area contributed by atoms with Gasteiger partial charge in [-0.25, -0.2) is 0 Å². The predicted molar refractivity (Wildman–Crippen MR) is 80.3 cm³/mol. The van der Waals surface area contributed by atoms with Crippen molar-refractivity contribution in [3.8, 4) is 5.75 Å². The SMILES string of the molecule is CCOc1cc(NC(C)CCSC)cc([N+](=O)[O-])c1. The number of thioether (sulfide) groups is 1. The molecule has 1 rings (SSSR count). The summed E-state index contributed by atoms with van der Waals surface area (Å²) in [5.41, 5.74) is 0.775.